The van der Waals surface area contributed by atoms with Crippen LogP contribution in [0.2, 0.25) is 0 Å². The maximum atomic E-state index is 5.37. The average Bonchev–Trinajstić information content (AvgIpc) is 2.31. The quantitative estimate of drug-likeness (QED) is 0.827. The van der Waals surface area contributed by atoms with Gasteiger partial charge >= 0.3 is 0 Å². The molecule has 0 saturated carbocycles. The van der Waals surface area contributed by atoms with E-state index in [4.69, 9.17) is 9.47 Å². The summed E-state index contributed by atoms with van der Waals surface area (Å²) in [6.45, 7) is 1.92. The molecule has 2 heterocycles. The van der Waals surface area contributed by atoms with Crippen LogP contribution in [0.5, 0.6) is 0 Å². The maximum Gasteiger partial charge on any atom is 0.146 e. The van der Waals surface area contributed by atoms with E-state index in [1.807, 2.05) is 12.3 Å². The van der Waals surface area contributed by atoms with Crippen molar-refractivity contribution < 1.29 is 9.47 Å². The molecular weight excluding hydrogens is 240 g/mol. The zero-order chi connectivity index (χ0) is 11.4. The van der Waals surface area contributed by atoms with Crippen molar-refractivity contribution in [3.8, 4) is 0 Å². The number of ether oxygens (including phenoxy) is 2. The molecule has 2 rings (SSSR count). The number of nitrogens with zero attached hydrogens (tertiary/aromatic N) is 2. The molecule has 96 valence electrons. The molecule has 4 nitrogen and oxygen atoms in total. The van der Waals surface area contributed by atoms with E-state index in [1.54, 1.807) is 6.20 Å². The van der Waals surface area contributed by atoms with E-state index < -0.39 is 0 Å². The molecule has 5 heteroatoms. The van der Waals surface area contributed by atoms with Crippen molar-refractivity contribution >= 4 is 12.4 Å². The molecule has 0 spiro atoms. The molecule has 1 aliphatic rings. The largest absolute Gasteiger partial charge is 0.355 e. The molecule has 1 atom stereocenters. The van der Waals surface area contributed by atoms with E-state index in [1.165, 1.54) is 5.56 Å². The summed E-state index contributed by atoms with van der Waals surface area (Å²) in [5, 5.41) is 0. The summed E-state index contributed by atoms with van der Waals surface area (Å²) in [5.41, 5.74) is 1.21. The number of hydrogen-bond donors (Lipinski definition) is 0. The van der Waals surface area contributed by atoms with Gasteiger partial charge in [-0.15, -0.1) is 12.4 Å². The van der Waals surface area contributed by atoms with Gasteiger partial charge in [0.2, 0.25) is 0 Å². The van der Waals surface area contributed by atoms with Crippen LogP contribution in [0.4, 0.5) is 0 Å². The van der Waals surface area contributed by atoms with Gasteiger partial charge in [0.05, 0.1) is 13.2 Å². The molecule has 0 bridgehead atoms. The van der Waals surface area contributed by atoms with Gasteiger partial charge < -0.3 is 14.4 Å². The minimum Gasteiger partial charge on any atom is -0.355 e. The summed E-state index contributed by atoms with van der Waals surface area (Å²) in [6.07, 6.45) is 3.71. The Kier molecular flexibility index (Phi) is 5.85. The molecule has 1 aromatic rings. The first-order chi connectivity index (χ1) is 7.79. The minimum atomic E-state index is 0. The highest BCUT2D eigenvalue weighted by Crippen LogP contribution is 2.28. The zero-order valence-corrected chi connectivity index (χ0v) is 11.0. The lowest BCUT2D eigenvalue weighted by molar-refractivity contribution is -0.139. The van der Waals surface area contributed by atoms with Gasteiger partial charge in [0, 0.05) is 24.4 Å². The van der Waals surface area contributed by atoms with Gasteiger partial charge in [-0.3, -0.25) is 4.98 Å². The van der Waals surface area contributed by atoms with Gasteiger partial charge in [-0.1, -0.05) is 6.07 Å². The average molecular weight is 259 g/mol. The fourth-order valence-electron chi connectivity index (χ4n) is 2.23. The summed E-state index contributed by atoms with van der Waals surface area (Å²) < 4.78 is 10.7. The molecule has 17 heavy (non-hydrogen) atoms. The monoisotopic (exact) mass is 258 g/mol. The normalized spacial score (nSPS) is 18.8. The van der Waals surface area contributed by atoms with Crippen LogP contribution in [-0.2, 0) is 9.47 Å². The number of aromatic nitrogens is 1. The van der Waals surface area contributed by atoms with E-state index in [0.717, 1.165) is 13.2 Å². The first-order valence-corrected chi connectivity index (χ1v) is 5.51. The van der Waals surface area contributed by atoms with Crippen LogP contribution in [0.1, 0.15) is 11.6 Å². The summed E-state index contributed by atoms with van der Waals surface area (Å²) >= 11 is 0. The standard InChI is InChI=1S/C12H18N2O2.ClH/c1-14(2)12(10-4-3-5-13-6-10)11-7-15-9-16-8-11;/h3-6,11-12H,7-9H2,1-2H3;1H/t12-;/m0./s1. The molecule has 0 radical (unpaired) electrons. The molecule has 1 fully saturated rings. The van der Waals surface area contributed by atoms with Crippen LogP contribution < -0.4 is 0 Å². The predicted octanol–water partition coefficient (Wildman–Crippen LogP) is 1.73. The number of pyridine rings is 1. The SMILES string of the molecule is CN(C)[C@@H](c1cccnc1)C1COCOC1.Cl. The van der Waals surface area contributed by atoms with Crippen molar-refractivity contribution in [3.63, 3.8) is 0 Å². The maximum absolute atomic E-state index is 5.37. The van der Waals surface area contributed by atoms with E-state index in [-0.39, 0.29) is 12.4 Å². The molecule has 1 aliphatic heterocycles. The lowest BCUT2D eigenvalue weighted by Gasteiger charge is -2.34. The number of hydrogen-bond acceptors (Lipinski definition) is 4. The Morgan fingerprint density at radius 3 is 2.59 bits per heavy atom. The second kappa shape index (κ2) is 6.91. The molecule has 1 aromatic heterocycles. The minimum absolute atomic E-state index is 0. The summed E-state index contributed by atoms with van der Waals surface area (Å²) in [7, 11) is 4.15. The van der Waals surface area contributed by atoms with Crippen LogP contribution in [0.25, 0.3) is 0 Å². The fourth-order valence-corrected chi connectivity index (χ4v) is 2.23. The van der Waals surface area contributed by atoms with E-state index in [0.29, 0.717) is 18.8 Å². The van der Waals surface area contributed by atoms with Crippen LogP contribution in [0.3, 0.4) is 0 Å². The Morgan fingerprint density at radius 1 is 1.35 bits per heavy atom. The third-order valence-electron chi connectivity index (χ3n) is 2.86. The van der Waals surface area contributed by atoms with Crippen molar-refractivity contribution in [2.24, 2.45) is 5.92 Å². The van der Waals surface area contributed by atoms with Crippen LogP contribution in [0.15, 0.2) is 24.5 Å². The Hall–Kier alpha value is -0.680. The van der Waals surface area contributed by atoms with Gasteiger partial charge in [0.25, 0.3) is 0 Å². The third kappa shape index (κ3) is 3.64. The molecular formula is C12H19ClN2O2. The summed E-state index contributed by atoms with van der Waals surface area (Å²) in [5.74, 6) is 0.368. The Bertz CT molecular complexity index is 316. The van der Waals surface area contributed by atoms with Gasteiger partial charge in [-0.2, -0.15) is 0 Å². The van der Waals surface area contributed by atoms with E-state index >= 15 is 0 Å². The number of halogens is 1. The van der Waals surface area contributed by atoms with Gasteiger partial charge in [0.1, 0.15) is 6.79 Å². The predicted molar refractivity (Wildman–Crippen MR) is 68.2 cm³/mol. The van der Waals surface area contributed by atoms with Crippen molar-refractivity contribution in [2.75, 3.05) is 34.1 Å². The molecule has 0 N–H and O–H groups in total. The van der Waals surface area contributed by atoms with Crippen molar-refractivity contribution in [2.45, 2.75) is 6.04 Å². The molecule has 0 unspecified atom stereocenters. The lowest BCUT2D eigenvalue weighted by atomic mass is 9.94. The topological polar surface area (TPSA) is 34.6 Å². The highest BCUT2D eigenvalue weighted by molar-refractivity contribution is 5.85. The molecule has 0 aromatic carbocycles. The second-order valence-corrected chi connectivity index (χ2v) is 4.31. The van der Waals surface area contributed by atoms with Crippen LogP contribution in [0, 0.1) is 5.92 Å². The highest BCUT2D eigenvalue weighted by atomic mass is 35.5. The zero-order valence-electron chi connectivity index (χ0n) is 10.2. The Morgan fingerprint density at radius 2 is 2.06 bits per heavy atom. The van der Waals surface area contributed by atoms with E-state index in [9.17, 15) is 0 Å². The van der Waals surface area contributed by atoms with Gasteiger partial charge in [0.15, 0.2) is 0 Å². The van der Waals surface area contributed by atoms with E-state index in [2.05, 4.69) is 30.0 Å². The molecule has 0 amide bonds. The van der Waals surface area contributed by atoms with Gasteiger partial charge in [-0.25, -0.2) is 0 Å². The third-order valence-corrected chi connectivity index (χ3v) is 2.86. The Labute approximate surface area is 108 Å². The van der Waals surface area contributed by atoms with Crippen molar-refractivity contribution in [1.82, 2.24) is 9.88 Å². The lowest BCUT2D eigenvalue weighted by Crippen LogP contribution is -2.36. The van der Waals surface area contributed by atoms with Crippen molar-refractivity contribution in [3.05, 3.63) is 30.1 Å². The highest BCUT2D eigenvalue weighted by Gasteiger charge is 2.27. The fraction of sp³-hybridized carbons (Fsp3) is 0.583. The second-order valence-electron chi connectivity index (χ2n) is 4.31. The summed E-state index contributed by atoms with van der Waals surface area (Å²) in [4.78, 5) is 6.37. The van der Waals surface area contributed by atoms with Crippen LogP contribution in [-0.4, -0.2) is 44.0 Å². The van der Waals surface area contributed by atoms with Gasteiger partial charge in [-0.05, 0) is 25.7 Å². The van der Waals surface area contributed by atoms with Crippen molar-refractivity contribution in [1.29, 1.82) is 0 Å². The smallest absolute Gasteiger partial charge is 0.146 e. The molecule has 1 saturated heterocycles. The van der Waals surface area contributed by atoms with Crippen LogP contribution >= 0.6 is 12.4 Å². The Balaban J connectivity index is 0.00000144. The molecule has 0 aliphatic carbocycles. The summed E-state index contributed by atoms with van der Waals surface area (Å²) in [6, 6.07) is 4.37. The first kappa shape index (κ1) is 14.4. The first-order valence-electron chi connectivity index (χ1n) is 5.51. The number of rotatable bonds is 3.